The van der Waals surface area contributed by atoms with Crippen molar-refractivity contribution in [1.82, 2.24) is 10.2 Å². The molecule has 4 unspecified atom stereocenters. The molecular formula is C16H30N2O. The fourth-order valence-electron chi connectivity index (χ4n) is 4.61. The quantitative estimate of drug-likeness (QED) is 0.830. The topological polar surface area (TPSA) is 24.5 Å². The van der Waals surface area contributed by atoms with Crippen LogP contribution in [-0.2, 0) is 4.74 Å². The molecule has 0 aromatic carbocycles. The maximum atomic E-state index is 6.00. The third-order valence-corrected chi connectivity index (χ3v) is 5.06. The molecule has 110 valence electrons. The van der Waals surface area contributed by atoms with Crippen molar-refractivity contribution < 1.29 is 4.74 Å². The van der Waals surface area contributed by atoms with E-state index < -0.39 is 0 Å². The van der Waals surface area contributed by atoms with E-state index in [1.165, 1.54) is 38.6 Å². The van der Waals surface area contributed by atoms with Gasteiger partial charge in [-0.1, -0.05) is 12.8 Å². The van der Waals surface area contributed by atoms with Crippen molar-refractivity contribution >= 4 is 0 Å². The molecule has 0 spiro atoms. The van der Waals surface area contributed by atoms with Gasteiger partial charge in [-0.05, 0) is 46.0 Å². The molecule has 3 nitrogen and oxygen atoms in total. The minimum atomic E-state index is 0.0169. The van der Waals surface area contributed by atoms with Gasteiger partial charge in [0, 0.05) is 31.7 Å². The van der Waals surface area contributed by atoms with Gasteiger partial charge in [0.1, 0.15) is 0 Å². The van der Waals surface area contributed by atoms with Crippen LogP contribution < -0.4 is 5.32 Å². The molecule has 0 radical (unpaired) electrons. The van der Waals surface area contributed by atoms with Crippen molar-refractivity contribution in [3.63, 3.8) is 0 Å². The van der Waals surface area contributed by atoms with Crippen LogP contribution in [-0.4, -0.2) is 48.3 Å². The second kappa shape index (κ2) is 5.34. The normalized spacial score (nSPS) is 43.1. The Hall–Kier alpha value is -0.120. The number of morpholine rings is 1. The molecule has 2 aliphatic heterocycles. The zero-order valence-corrected chi connectivity index (χ0v) is 12.8. The summed E-state index contributed by atoms with van der Waals surface area (Å²) in [6, 6.07) is 1.54. The molecule has 1 N–H and O–H groups in total. The lowest BCUT2D eigenvalue weighted by molar-refractivity contribution is -0.129. The first kappa shape index (κ1) is 13.8. The van der Waals surface area contributed by atoms with Crippen molar-refractivity contribution in [2.45, 2.75) is 76.7 Å². The lowest BCUT2D eigenvalue weighted by Crippen LogP contribution is -2.54. The zero-order valence-electron chi connectivity index (χ0n) is 12.8. The van der Waals surface area contributed by atoms with Crippen LogP contribution in [0.3, 0.4) is 0 Å². The fourth-order valence-corrected chi connectivity index (χ4v) is 4.61. The summed E-state index contributed by atoms with van der Waals surface area (Å²) >= 11 is 0. The van der Waals surface area contributed by atoms with Crippen molar-refractivity contribution in [3.05, 3.63) is 0 Å². The lowest BCUT2D eigenvalue weighted by Gasteiger charge is -2.42. The Kier molecular flexibility index (Phi) is 3.89. The summed E-state index contributed by atoms with van der Waals surface area (Å²) in [5.41, 5.74) is 0.0169. The lowest BCUT2D eigenvalue weighted by atomic mass is 9.85. The van der Waals surface area contributed by atoms with E-state index in [0.717, 1.165) is 25.0 Å². The van der Waals surface area contributed by atoms with Crippen LogP contribution in [0.15, 0.2) is 0 Å². The maximum absolute atomic E-state index is 6.00. The van der Waals surface area contributed by atoms with Gasteiger partial charge in [-0.15, -0.1) is 0 Å². The minimum absolute atomic E-state index is 0.0169. The van der Waals surface area contributed by atoms with Gasteiger partial charge < -0.3 is 10.1 Å². The zero-order chi connectivity index (χ0) is 13.5. The Morgan fingerprint density at radius 1 is 1.26 bits per heavy atom. The third-order valence-electron chi connectivity index (χ3n) is 5.06. The fraction of sp³-hybridized carbons (Fsp3) is 1.00. The van der Waals surface area contributed by atoms with E-state index in [-0.39, 0.29) is 5.60 Å². The molecule has 3 rings (SSSR count). The van der Waals surface area contributed by atoms with Gasteiger partial charge in [-0.2, -0.15) is 0 Å². The molecule has 3 aliphatic rings. The van der Waals surface area contributed by atoms with Crippen LogP contribution in [0.1, 0.15) is 52.9 Å². The van der Waals surface area contributed by atoms with Gasteiger partial charge in [0.25, 0.3) is 0 Å². The van der Waals surface area contributed by atoms with E-state index >= 15 is 0 Å². The third kappa shape index (κ3) is 3.32. The van der Waals surface area contributed by atoms with Crippen LogP contribution in [0.5, 0.6) is 0 Å². The smallest absolute Gasteiger partial charge is 0.0757 e. The number of ether oxygens (including phenoxy) is 1. The maximum Gasteiger partial charge on any atom is 0.0757 e. The van der Waals surface area contributed by atoms with E-state index in [0.29, 0.717) is 12.1 Å². The van der Waals surface area contributed by atoms with Gasteiger partial charge in [0.15, 0.2) is 0 Å². The van der Waals surface area contributed by atoms with E-state index in [4.69, 9.17) is 4.74 Å². The Labute approximate surface area is 118 Å². The van der Waals surface area contributed by atoms with E-state index in [1.807, 2.05) is 0 Å². The minimum Gasteiger partial charge on any atom is -0.370 e. The Morgan fingerprint density at radius 3 is 2.79 bits per heavy atom. The van der Waals surface area contributed by atoms with Gasteiger partial charge in [-0.25, -0.2) is 0 Å². The molecule has 19 heavy (non-hydrogen) atoms. The summed E-state index contributed by atoms with van der Waals surface area (Å²) < 4.78 is 6.00. The highest BCUT2D eigenvalue weighted by Crippen LogP contribution is 2.33. The summed E-state index contributed by atoms with van der Waals surface area (Å²) in [5.74, 6) is 0.963. The van der Waals surface area contributed by atoms with Crippen LogP contribution in [0.2, 0.25) is 0 Å². The summed E-state index contributed by atoms with van der Waals surface area (Å²) in [7, 11) is 0. The molecule has 3 heteroatoms. The molecule has 0 amide bonds. The van der Waals surface area contributed by atoms with Crippen LogP contribution >= 0.6 is 0 Å². The highest BCUT2D eigenvalue weighted by Gasteiger charge is 2.38. The van der Waals surface area contributed by atoms with E-state index in [2.05, 4.69) is 31.0 Å². The second-order valence-corrected chi connectivity index (χ2v) is 7.63. The van der Waals surface area contributed by atoms with Crippen LogP contribution in [0.4, 0.5) is 0 Å². The number of hydrogen-bond donors (Lipinski definition) is 1. The molecule has 0 bridgehead atoms. The standard InChI is InChI=1S/C16H30N2O/c1-12-9-18(11-16(2,3)19-12)10-14-8-13-6-4-5-7-15(13)17-14/h12-15,17H,4-11H2,1-3H3. The van der Waals surface area contributed by atoms with Crippen LogP contribution in [0.25, 0.3) is 0 Å². The summed E-state index contributed by atoms with van der Waals surface area (Å²) in [4.78, 5) is 2.61. The average Bonchev–Trinajstić information content (AvgIpc) is 2.67. The summed E-state index contributed by atoms with van der Waals surface area (Å²) in [6.45, 7) is 10.0. The molecule has 3 fully saturated rings. The first-order chi connectivity index (χ1) is 9.02. The Morgan fingerprint density at radius 2 is 2.05 bits per heavy atom. The Balaban J connectivity index is 1.54. The van der Waals surface area contributed by atoms with E-state index in [9.17, 15) is 0 Å². The first-order valence-corrected chi connectivity index (χ1v) is 8.18. The second-order valence-electron chi connectivity index (χ2n) is 7.63. The first-order valence-electron chi connectivity index (χ1n) is 8.18. The monoisotopic (exact) mass is 266 g/mol. The largest absolute Gasteiger partial charge is 0.370 e. The predicted octanol–water partition coefficient (Wildman–Crippen LogP) is 2.41. The number of nitrogens with zero attached hydrogens (tertiary/aromatic N) is 1. The Bertz CT molecular complexity index is 304. The molecular weight excluding hydrogens is 236 g/mol. The highest BCUT2D eigenvalue weighted by atomic mass is 16.5. The SMILES string of the molecule is CC1CN(CC2CC3CCCCC3N2)CC(C)(C)O1. The van der Waals surface area contributed by atoms with Crippen molar-refractivity contribution in [2.75, 3.05) is 19.6 Å². The van der Waals surface area contributed by atoms with Crippen molar-refractivity contribution in [3.8, 4) is 0 Å². The van der Waals surface area contributed by atoms with Gasteiger partial charge in [0.2, 0.25) is 0 Å². The molecule has 1 saturated carbocycles. The predicted molar refractivity (Wildman–Crippen MR) is 78.4 cm³/mol. The number of hydrogen-bond acceptors (Lipinski definition) is 3. The molecule has 0 aromatic heterocycles. The number of fused-ring (bicyclic) bond motifs is 1. The van der Waals surface area contributed by atoms with Gasteiger partial charge in [0.05, 0.1) is 11.7 Å². The van der Waals surface area contributed by atoms with Crippen LogP contribution in [0, 0.1) is 5.92 Å². The molecule has 2 heterocycles. The number of nitrogens with one attached hydrogen (secondary N) is 1. The van der Waals surface area contributed by atoms with E-state index in [1.54, 1.807) is 0 Å². The van der Waals surface area contributed by atoms with Crippen molar-refractivity contribution in [2.24, 2.45) is 5.92 Å². The molecule has 1 aliphatic carbocycles. The average molecular weight is 266 g/mol. The van der Waals surface area contributed by atoms with Gasteiger partial charge in [-0.3, -0.25) is 4.90 Å². The molecule has 4 atom stereocenters. The van der Waals surface area contributed by atoms with Crippen molar-refractivity contribution in [1.29, 1.82) is 0 Å². The molecule has 0 aromatic rings. The summed E-state index contributed by atoms with van der Waals surface area (Å²) in [6.07, 6.45) is 7.52. The number of rotatable bonds is 2. The summed E-state index contributed by atoms with van der Waals surface area (Å²) in [5, 5.41) is 3.90. The highest BCUT2D eigenvalue weighted by molar-refractivity contribution is 4.95. The van der Waals surface area contributed by atoms with Gasteiger partial charge >= 0.3 is 0 Å². The molecule has 2 saturated heterocycles.